The van der Waals surface area contributed by atoms with Gasteiger partial charge in [-0.2, -0.15) is 0 Å². The SMILES string of the molecule is CNC1CCCCCCCCCCC1N1CCCCC1. The Morgan fingerprint density at radius 2 is 1.15 bits per heavy atom. The van der Waals surface area contributed by atoms with Gasteiger partial charge in [-0.1, -0.05) is 57.8 Å². The van der Waals surface area contributed by atoms with E-state index in [-0.39, 0.29) is 0 Å². The van der Waals surface area contributed by atoms with E-state index in [1.165, 1.54) is 96.6 Å². The van der Waals surface area contributed by atoms with Crippen LogP contribution in [-0.2, 0) is 0 Å². The van der Waals surface area contributed by atoms with Gasteiger partial charge < -0.3 is 5.32 Å². The van der Waals surface area contributed by atoms with E-state index in [0.29, 0.717) is 0 Å². The maximum absolute atomic E-state index is 3.66. The van der Waals surface area contributed by atoms with Crippen LogP contribution in [0.15, 0.2) is 0 Å². The molecule has 2 unspecified atom stereocenters. The van der Waals surface area contributed by atoms with E-state index in [4.69, 9.17) is 0 Å². The Hall–Kier alpha value is -0.0800. The Bertz CT molecular complexity index is 236. The third kappa shape index (κ3) is 5.37. The van der Waals surface area contributed by atoms with Crippen molar-refractivity contribution in [3.63, 3.8) is 0 Å². The number of hydrogen-bond donors (Lipinski definition) is 1. The molecule has 2 heteroatoms. The maximum Gasteiger partial charge on any atom is 0.0249 e. The summed E-state index contributed by atoms with van der Waals surface area (Å²) in [5, 5.41) is 3.66. The summed E-state index contributed by atoms with van der Waals surface area (Å²) in [5.41, 5.74) is 0. The molecule has 0 bridgehead atoms. The first kappa shape index (κ1) is 16.3. The van der Waals surface area contributed by atoms with Crippen molar-refractivity contribution in [1.82, 2.24) is 10.2 Å². The van der Waals surface area contributed by atoms with Gasteiger partial charge in [-0.05, 0) is 45.8 Å². The van der Waals surface area contributed by atoms with Gasteiger partial charge in [0.15, 0.2) is 0 Å². The summed E-state index contributed by atoms with van der Waals surface area (Å²) in [6.45, 7) is 2.70. The molecule has 2 rings (SSSR count). The smallest absolute Gasteiger partial charge is 0.0249 e. The van der Waals surface area contributed by atoms with Gasteiger partial charge in [0.25, 0.3) is 0 Å². The van der Waals surface area contributed by atoms with Crippen LogP contribution in [-0.4, -0.2) is 37.1 Å². The number of rotatable bonds is 2. The van der Waals surface area contributed by atoms with Gasteiger partial charge in [-0.3, -0.25) is 4.90 Å². The predicted molar refractivity (Wildman–Crippen MR) is 88.2 cm³/mol. The average molecular weight is 280 g/mol. The topological polar surface area (TPSA) is 15.3 Å². The molecule has 1 saturated heterocycles. The highest BCUT2D eigenvalue weighted by Crippen LogP contribution is 2.23. The van der Waals surface area contributed by atoms with Crippen LogP contribution in [0.25, 0.3) is 0 Å². The van der Waals surface area contributed by atoms with Crippen LogP contribution in [0, 0.1) is 0 Å². The lowest BCUT2D eigenvalue weighted by atomic mass is 9.92. The van der Waals surface area contributed by atoms with Crippen molar-refractivity contribution >= 4 is 0 Å². The lowest BCUT2D eigenvalue weighted by molar-refractivity contribution is 0.118. The van der Waals surface area contributed by atoms with Crippen LogP contribution in [0.4, 0.5) is 0 Å². The second-order valence-corrected chi connectivity index (χ2v) is 6.96. The van der Waals surface area contributed by atoms with Crippen LogP contribution in [0.1, 0.15) is 83.5 Å². The quantitative estimate of drug-likeness (QED) is 0.809. The highest BCUT2D eigenvalue weighted by molar-refractivity contribution is 4.85. The third-order valence-electron chi connectivity index (χ3n) is 5.46. The van der Waals surface area contributed by atoms with Gasteiger partial charge in [0.1, 0.15) is 0 Å². The Labute approximate surface area is 126 Å². The number of nitrogens with zero attached hydrogens (tertiary/aromatic N) is 1. The van der Waals surface area contributed by atoms with Crippen LogP contribution in [0.3, 0.4) is 0 Å². The van der Waals surface area contributed by atoms with Crippen molar-refractivity contribution in [2.24, 2.45) is 0 Å². The van der Waals surface area contributed by atoms with Gasteiger partial charge in [0.2, 0.25) is 0 Å². The number of likely N-dealkylation sites (N-methyl/N-ethyl adjacent to an activating group) is 1. The van der Waals surface area contributed by atoms with Gasteiger partial charge in [-0.15, -0.1) is 0 Å². The first-order valence-electron chi connectivity index (χ1n) is 9.33. The molecule has 1 aliphatic carbocycles. The Morgan fingerprint density at radius 1 is 0.650 bits per heavy atom. The maximum atomic E-state index is 3.66. The summed E-state index contributed by atoms with van der Waals surface area (Å²) in [6.07, 6.45) is 18.8. The molecular weight excluding hydrogens is 244 g/mol. The van der Waals surface area contributed by atoms with Crippen LogP contribution in [0.5, 0.6) is 0 Å². The van der Waals surface area contributed by atoms with E-state index < -0.39 is 0 Å². The molecule has 1 aliphatic heterocycles. The largest absolute Gasteiger partial charge is 0.315 e. The van der Waals surface area contributed by atoms with Gasteiger partial charge in [0.05, 0.1) is 0 Å². The van der Waals surface area contributed by atoms with Crippen molar-refractivity contribution in [2.45, 2.75) is 95.6 Å². The Morgan fingerprint density at radius 3 is 1.75 bits per heavy atom. The molecule has 0 aromatic carbocycles. The van der Waals surface area contributed by atoms with E-state index in [1.54, 1.807) is 0 Å². The molecule has 0 aromatic heterocycles. The van der Waals surface area contributed by atoms with Crippen LogP contribution in [0.2, 0.25) is 0 Å². The van der Waals surface area contributed by atoms with E-state index in [9.17, 15) is 0 Å². The van der Waals surface area contributed by atoms with Crippen molar-refractivity contribution < 1.29 is 0 Å². The molecule has 2 atom stereocenters. The zero-order valence-electron chi connectivity index (χ0n) is 13.7. The molecule has 0 spiro atoms. The summed E-state index contributed by atoms with van der Waals surface area (Å²) in [5.74, 6) is 0. The van der Waals surface area contributed by atoms with Crippen LogP contribution < -0.4 is 5.32 Å². The predicted octanol–water partition coefficient (Wildman–Crippen LogP) is 4.34. The first-order valence-corrected chi connectivity index (χ1v) is 9.33. The van der Waals surface area contributed by atoms with E-state index in [0.717, 1.165) is 12.1 Å². The molecule has 1 heterocycles. The van der Waals surface area contributed by atoms with E-state index >= 15 is 0 Å². The molecule has 1 N–H and O–H groups in total. The van der Waals surface area contributed by atoms with Gasteiger partial charge in [0, 0.05) is 12.1 Å². The minimum absolute atomic E-state index is 0.729. The van der Waals surface area contributed by atoms with Crippen molar-refractivity contribution in [2.75, 3.05) is 20.1 Å². The van der Waals surface area contributed by atoms with Crippen molar-refractivity contribution in [3.8, 4) is 0 Å². The minimum atomic E-state index is 0.729. The monoisotopic (exact) mass is 280 g/mol. The van der Waals surface area contributed by atoms with Crippen molar-refractivity contribution in [1.29, 1.82) is 0 Å². The third-order valence-corrected chi connectivity index (χ3v) is 5.46. The van der Waals surface area contributed by atoms with E-state index in [1.807, 2.05) is 0 Å². The van der Waals surface area contributed by atoms with E-state index in [2.05, 4.69) is 17.3 Å². The Kier molecular flexibility index (Phi) is 7.97. The number of piperidine rings is 1. The first-order chi connectivity index (χ1) is 9.92. The molecule has 2 nitrogen and oxygen atoms in total. The zero-order chi connectivity index (χ0) is 14.0. The molecule has 0 amide bonds. The molecule has 20 heavy (non-hydrogen) atoms. The number of nitrogens with one attached hydrogen (secondary N) is 1. The molecule has 2 aliphatic rings. The Balaban J connectivity index is 1.92. The molecule has 0 aromatic rings. The summed E-state index contributed by atoms with van der Waals surface area (Å²) >= 11 is 0. The summed E-state index contributed by atoms with van der Waals surface area (Å²) in [4.78, 5) is 2.82. The second-order valence-electron chi connectivity index (χ2n) is 6.96. The minimum Gasteiger partial charge on any atom is -0.315 e. The second kappa shape index (κ2) is 9.78. The summed E-state index contributed by atoms with van der Waals surface area (Å²) in [7, 11) is 2.19. The average Bonchev–Trinajstić information content (AvgIpc) is 2.49. The number of hydrogen-bond acceptors (Lipinski definition) is 2. The lowest BCUT2D eigenvalue weighted by Crippen LogP contribution is -2.50. The lowest BCUT2D eigenvalue weighted by Gasteiger charge is -2.39. The highest BCUT2D eigenvalue weighted by Gasteiger charge is 2.26. The fraction of sp³-hybridized carbons (Fsp3) is 1.00. The summed E-state index contributed by atoms with van der Waals surface area (Å²) < 4.78 is 0. The molecule has 0 radical (unpaired) electrons. The highest BCUT2D eigenvalue weighted by atomic mass is 15.2. The van der Waals surface area contributed by atoms with Gasteiger partial charge >= 0.3 is 0 Å². The molecule has 118 valence electrons. The van der Waals surface area contributed by atoms with Gasteiger partial charge in [-0.25, -0.2) is 0 Å². The number of likely N-dealkylation sites (tertiary alicyclic amines) is 1. The fourth-order valence-electron chi connectivity index (χ4n) is 4.20. The van der Waals surface area contributed by atoms with Crippen LogP contribution >= 0.6 is 0 Å². The molecule has 1 saturated carbocycles. The molecular formula is C18H36N2. The normalized spacial score (nSPS) is 32.2. The fourth-order valence-corrected chi connectivity index (χ4v) is 4.20. The van der Waals surface area contributed by atoms with Crippen molar-refractivity contribution in [3.05, 3.63) is 0 Å². The summed E-state index contributed by atoms with van der Waals surface area (Å²) in [6, 6.07) is 1.53. The zero-order valence-corrected chi connectivity index (χ0v) is 13.7. The molecule has 2 fully saturated rings. The standard InChI is InChI=1S/C18H36N2/c1-19-17-13-9-6-4-2-3-5-7-10-14-18(17)20-15-11-8-12-16-20/h17-19H,2-16H2,1H3.